The first-order valence-corrected chi connectivity index (χ1v) is 6.02. The molecular formula is C13H21N3O2. The average Bonchev–Trinajstić information content (AvgIpc) is 2.24. The van der Waals surface area contributed by atoms with Gasteiger partial charge in [-0.3, -0.25) is 4.79 Å². The molecule has 0 fully saturated rings. The third-order valence-electron chi connectivity index (χ3n) is 2.51. The smallest absolute Gasteiger partial charge is 0.236 e. The van der Waals surface area contributed by atoms with Crippen LogP contribution in [0.15, 0.2) is 18.2 Å². The van der Waals surface area contributed by atoms with Crippen molar-refractivity contribution in [3.8, 4) is 5.75 Å². The number of nitrogens with zero attached hydrogens (tertiary/aromatic N) is 1. The minimum Gasteiger partial charge on any atom is -0.494 e. The lowest BCUT2D eigenvalue weighted by molar-refractivity contribution is -0.116. The first-order chi connectivity index (χ1) is 8.43. The van der Waals surface area contributed by atoms with Gasteiger partial charge in [0.25, 0.3) is 0 Å². The highest BCUT2D eigenvalue weighted by Gasteiger charge is 2.14. The molecule has 0 saturated carbocycles. The fourth-order valence-electron chi connectivity index (χ4n) is 1.76. The van der Waals surface area contributed by atoms with Crippen LogP contribution < -0.4 is 21.1 Å². The van der Waals surface area contributed by atoms with Crippen molar-refractivity contribution in [3.63, 3.8) is 0 Å². The van der Waals surface area contributed by atoms with Gasteiger partial charge in [0.1, 0.15) is 5.75 Å². The Morgan fingerprint density at radius 2 is 2.06 bits per heavy atom. The lowest BCUT2D eigenvalue weighted by Gasteiger charge is -2.28. The Bertz CT molecular complexity index is 419. The molecule has 1 rings (SSSR count). The summed E-state index contributed by atoms with van der Waals surface area (Å²) in [6.07, 6.45) is 0. The van der Waals surface area contributed by atoms with Crippen molar-refractivity contribution in [1.82, 2.24) is 0 Å². The van der Waals surface area contributed by atoms with Gasteiger partial charge in [0, 0.05) is 29.5 Å². The van der Waals surface area contributed by atoms with Gasteiger partial charge in [-0.2, -0.15) is 0 Å². The number of carbonyl (C=O) groups excluding carboxylic acids is 1. The van der Waals surface area contributed by atoms with E-state index in [0.717, 1.165) is 5.69 Å². The van der Waals surface area contributed by atoms with Crippen LogP contribution in [0.25, 0.3) is 0 Å². The monoisotopic (exact) mass is 251 g/mol. The van der Waals surface area contributed by atoms with Gasteiger partial charge in [-0.05, 0) is 26.8 Å². The topological polar surface area (TPSA) is 81.6 Å². The number of primary amides is 1. The molecule has 1 amide bonds. The Hall–Kier alpha value is -1.91. The second kappa shape index (κ2) is 6.14. The van der Waals surface area contributed by atoms with Crippen molar-refractivity contribution < 1.29 is 9.53 Å². The standard InChI is InChI=1S/C13H21N3O2/c1-4-18-12-6-10(14)5-11(7-12)16(9(2)3)8-13(15)17/h5-7,9H,4,8,14H2,1-3H3,(H2,15,17). The van der Waals surface area contributed by atoms with Crippen molar-refractivity contribution in [2.45, 2.75) is 26.8 Å². The first kappa shape index (κ1) is 14.2. The van der Waals surface area contributed by atoms with Crippen LogP contribution in [0.5, 0.6) is 5.75 Å². The highest BCUT2D eigenvalue weighted by atomic mass is 16.5. The maximum absolute atomic E-state index is 11.1. The third-order valence-corrected chi connectivity index (χ3v) is 2.51. The fourth-order valence-corrected chi connectivity index (χ4v) is 1.76. The largest absolute Gasteiger partial charge is 0.494 e. The number of benzene rings is 1. The molecule has 0 saturated heterocycles. The van der Waals surface area contributed by atoms with E-state index in [4.69, 9.17) is 16.2 Å². The molecule has 5 nitrogen and oxygen atoms in total. The number of anilines is 2. The van der Waals surface area contributed by atoms with Crippen molar-refractivity contribution in [2.24, 2.45) is 5.73 Å². The van der Waals surface area contributed by atoms with Crippen LogP contribution in [0.3, 0.4) is 0 Å². The van der Waals surface area contributed by atoms with Gasteiger partial charge < -0.3 is 21.1 Å². The minimum atomic E-state index is -0.371. The number of nitrogens with two attached hydrogens (primary N) is 2. The van der Waals surface area contributed by atoms with E-state index in [0.29, 0.717) is 18.0 Å². The molecule has 0 radical (unpaired) electrons. The molecule has 0 aliphatic carbocycles. The fraction of sp³-hybridized carbons (Fsp3) is 0.462. The van der Waals surface area contributed by atoms with Crippen LogP contribution in [-0.4, -0.2) is 25.1 Å². The predicted octanol–water partition coefficient (Wildman–Crippen LogP) is 1.37. The Kier molecular flexibility index (Phi) is 4.83. The molecule has 0 aromatic heterocycles. The summed E-state index contributed by atoms with van der Waals surface area (Å²) in [5.41, 5.74) is 12.5. The predicted molar refractivity (Wildman–Crippen MR) is 73.7 cm³/mol. The number of ether oxygens (including phenoxy) is 1. The summed E-state index contributed by atoms with van der Waals surface area (Å²) in [6.45, 7) is 6.62. The molecule has 1 aromatic rings. The van der Waals surface area contributed by atoms with E-state index >= 15 is 0 Å². The van der Waals surface area contributed by atoms with E-state index in [-0.39, 0.29) is 18.5 Å². The molecule has 0 spiro atoms. The molecule has 18 heavy (non-hydrogen) atoms. The summed E-state index contributed by atoms with van der Waals surface area (Å²) in [6, 6.07) is 5.58. The highest BCUT2D eigenvalue weighted by molar-refractivity contribution is 5.80. The lowest BCUT2D eigenvalue weighted by atomic mass is 10.2. The van der Waals surface area contributed by atoms with Gasteiger partial charge in [-0.25, -0.2) is 0 Å². The van der Waals surface area contributed by atoms with Crippen LogP contribution in [0.2, 0.25) is 0 Å². The van der Waals surface area contributed by atoms with Gasteiger partial charge in [-0.1, -0.05) is 0 Å². The van der Waals surface area contributed by atoms with Crippen molar-refractivity contribution in [1.29, 1.82) is 0 Å². The molecular weight excluding hydrogens is 230 g/mol. The molecule has 0 heterocycles. The summed E-state index contributed by atoms with van der Waals surface area (Å²) in [5.74, 6) is 0.326. The molecule has 0 unspecified atom stereocenters. The van der Waals surface area contributed by atoms with Gasteiger partial charge in [0.15, 0.2) is 0 Å². The third kappa shape index (κ3) is 3.84. The van der Waals surface area contributed by atoms with Crippen LogP contribution in [0.4, 0.5) is 11.4 Å². The quantitative estimate of drug-likeness (QED) is 0.748. The summed E-state index contributed by atoms with van der Waals surface area (Å²) < 4.78 is 5.44. The number of hydrogen-bond donors (Lipinski definition) is 2. The van der Waals surface area contributed by atoms with E-state index in [1.807, 2.05) is 37.8 Å². The van der Waals surface area contributed by atoms with E-state index in [9.17, 15) is 4.79 Å². The van der Waals surface area contributed by atoms with Crippen molar-refractivity contribution in [3.05, 3.63) is 18.2 Å². The molecule has 0 bridgehead atoms. The van der Waals surface area contributed by atoms with Crippen LogP contribution in [0.1, 0.15) is 20.8 Å². The first-order valence-electron chi connectivity index (χ1n) is 6.02. The number of amides is 1. The van der Waals surface area contributed by atoms with E-state index in [1.165, 1.54) is 0 Å². The maximum atomic E-state index is 11.1. The van der Waals surface area contributed by atoms with Gasteiger partial charge in [-0.15, -0.1) is 0 Å². The van der Waals surface area contributed by atoms with Crippen molar-refractivity contribution >= 4 is 17.3 Å². The molecule has 1 aromatic carbocycles. The zero-order valence-electron chi connectivity index (χ0n) is 11.1. The number of hydrogen-bond acceptors (Lipinski definition) is 4. The van der Waals surface area contributed by atoms with Crippen LogP contribution >= 0.6 is 0 Å². The average molecular weight is 251 g/mol. The number of rotatable bonds is 6. The molecule has 5 heteroatoms. The Labute approximate surface area is 108 Å². The van der Waals surface area contributed by atoms with Crippen molar-refractivity contribution in [2.75, 3.05) is 23.8 Å². The minimum absolute atomic E-state index is 0.147. The lowest BCUT2D eigenvalue weighted by Crippen LogP contribution is -2.38. The summed E-state index contributed by atoms with van der Waals surface area (Å²) in [4.78, 5) is 13.0. The summed E-state index contributed by atoms with van der Waals surface area (Å²) in [7, 11) is 0. The highest BCUT2D eigenvalue weighted by Crippen LogP contribution is 2.26. The van der Waals surface area contributed by atoms with E-state index in [2.05, 4.69) is 0 Å². The molecule has 0 aliphatic rings. The Morgan fingerprint density at radius 1 is 1.39 bits per heavy atom. The van der Waals surface area contributed by atoms with Gasteiger partial charge >= 0.3 is 0 Å². The zero-order valence-corrected chi connectivity index (χ0v) is 11.1. The Morgan fingerprint density at radius 3 is 2.56 bits per heavy atom. The summed E-state index contributed by atoms with van der Waals surface area (Å²) >= 11 is 0. The molecule has 0 aliphatic heterocycles. The normalized spacial score (nSPS) is 10.4. The number of nitrogen functional groups attached to an aromatic ring is 1. The summed E-state index contributed by atoms with van der Waals surface area (Å²) in [5, 5.41) is 0. The number of carbonyl (C=O) groups is 1. The van der Waals surface area contributed by atoms with Gasteiger partial charge in [0.2, 0.25) is 5.91 Å². The van der Waals surface area contributed by atoms with Crippen LogP contribution in [-0.2, 0) is 4.79 Å². The Balaban J connectivity index is 3.06. The van der Waals surface area contributed by atoms with E-state index in [1.54, 1.807) is 6.07 Å². The van der Waals surface area contributed by atoms with E-state index < -0.39 is 0 Å². The molecule has 100 valence electrons. The zero-order chi connectivity index (χ0) is 13.7. The molecule has 4 N–H and O–H groups in total. The maximum Gasteiger partial charge on any atom is 0.236 e. The SMILES string of the molecule is CCOc1cc(N)cc(N(CC(N)=O)C(C)C)c1. The van der Waals surface area contributed by atoms with Gasteiger partial charge in [0.05, 0.1) is 13.2 Å². The van der Waals surface area contributed by atoms with Crippen LogP contribution in [0, 0.1) is 0 Å². The second-order valence-corrected chi connectivity index (χ2v) is 4.38. The second-order valence-electron chi connectivity index (χ2n) is 4.38. The molecule has 0 atom stereocenters.